The van der Waals surface area contributed by atoms with Crippen LogP contribution in [-0.4, -0.2) is 33.7 Å². The average Bonchev–Trinajstić information content (AvgIpc) is 2.44. The van der Waals surface area contributed by atoms with Gasteiger partial charge in [-0.25, -0.2) is 13.1 Å². The number of nitrogens with two attached hydrogens (primary N) is 1. The molecule has 114 valence electrons. The Morgan fingerprint density at radius 3 is 2.60 bits per heavy atom. The van der Waals surface area contributed by atoms with E-state index in [1.165, 1.54) is 19.2 Å². The summed E-state index contributed by atoms with van der Waals surface area (Å²) in [5.41, 5.74) is 6.96. The van der Waals surface area contributed by atoms with Gasteiger partial charge in [0.05, 0.1) is 16.3 Å². The van der Waals surface area contributed by atoms with E-state index in [1.54, 1.807) is 6.07 Å². The monoisotopic (exact) mass is 301 g/mol. The summed E-state index contributed by atoms with van der Waals surface area (Å²) in [6, 6.07) is 4.60. The van der Waals surface area contributed by atoms with E-state index in [0.29, 0.717) is 23.8 Å². The molecule has 0 spiro atoms. The molecule has 1 aromatic carbocycles. The zero-order valence-corrected chi connectivity index (χ0v) is 12.7. The summed E-state index contributed by atoms with van der Waals surface area (Å²) >= 11 is 0. The molecule has 0 saturated heterocycles. The van der Waals surface area contributed by atoms with Crippen LogP contribution in [0.15, 0.2) is 23.1 Å². The summed E-state index contributed by atoms with van der Waals surface area (Å²) in [6.07, 6.45) is 1.69. The van der Waals surface area contributed by atoms with Gasteiger partial charge in [0, 0.05) is 13.2 Å². The first-order valence-corrected chi connectivity index (χ1v) is 8.10. The van der Waals surface area contributed by atoms with Gasteiger partial charge in [-0.1, -0.05) is 13.3 Å². The van der Waals surface area contributed by atoms with E-state index in [0.717, 1.165) is 12.8 Å². The Balaban J connectivity index is 2.79. The van der Waals surface area contributed by atoms with E-state index in [4.69, 9.17) is 10.8 Å². The lowest BCUT2D eigenvalue weighted by Gasteiger charge is -2.17. The zero-order valence-electron chi connectivity index (χ0n) is 11.9. The third kappa shape index (κ3) is 4.36. The van der Waals surface area contributed by atoms with Gasteiger partial charge >= 0.3 is 0 Å². The fourth-order valence-corrected chi connectivity index (χ4v) is 2.64. The molecule has 0 fully saturated rings. The lowest BCUT2D eigenvalue weighted by molar-refractivity contribution is 0.258. The van der Waals surface area contributed by atoms with Crippen LogP contribution in [0.3, 0.4) is 0 Å². The van der Waals surface area contributed by atoms with Gasteiger partial charge in [0.2, 0.25) is 10.0 Å². The molecule has 1 unspecified atom stereocenters. The Hall–Kier alpha value is -1.31. The molecule has 0 aromatic heterocycles. The van der Waals surface area contributed by atoms with Crippen molar-refractivity contribution < 1.29 is 13.5 Å². The van der Waals surface area contributed by atoms with Crippen LogP contribution < -0.4 is 15.8 Å². The molecule has 1 rings (SSSR count). The zero-order chi connectivity index (χ0) is 15.2. The standard InChI is InChI=1S/C13H23N3O3S/c1-3-10(6-7-17)9-16-13-5-4-11(8-12(13)14)20(18,19)15-2/h4-5,8,10,15-17H,3,6-7,9,14H2,1-2H3. The van der Waals surface area contributed by atoms with Crippen LogP contribution in [0.2, 0.25) is 0 Å². The maximum absolute atomic E-state index is 11.6. The second kappa shape index (κ2) is 7.47. The van der Waals surface area contributed by atoms with Crippen molar-refractivity contribution in [2.45, 2.75) is 24.7 Å². The number of aliphatic hydroxyl groups is 1. The number of rotatable bonds is 8. The summed E-state index contributed by atoms with van der Waals surface area (Å²) in [5, 5.41) is 12.1. The number of anilines is 2. The van der Waals surface area contributed by atoms with E-state index >= 15 is 0 Å². The highest BCUT2D eigenvalue weighted by Crippen LogP contribution is 2.23. The van der Waals surface area contributed by atoms with Crippen molar-refractivity contribution in [2.75, 3.05) is 31.2 Å². The van der Waals surface area contributed by atoms with Gasteiger partial charge < -0.3 is 16.2 Å². The number of hydrogen-bond acceptors (Lipinski definition) is 5. The van der Waals surface area contributed by atoms with Crippen LogP contribution in [-0.2, 0) is 10.0 Å². The van der Waals surface area contributed by atoms with Gasteiger partial charge in [0.1, 0.15) is 0 Å². The van der Waals surface area contributed by atoms with Gasteiger partial charge in [0.25, 0.3) is 0 Å². The largest absolute Gasteiger partial charge is 0.397 e. The molecule has 6 nitrogen and oxygen atoms in total. The molecule has 20 heavy (non-hydrogen) atoms. The third-order valence-corrected chi connectivity index (χ3v) is 4.71. The molecule has 0 aliphatic carbocycles. The van der Waals surface area contributed by atoms with Crippen molar-refractivity contribution in [3.05, 3.63) is 18.2 Å². The van der Waals surface area contributed by atoms with Gasteiger partial charge in [-0.15, -0.1) is 0 Å². The predicted octanol–water partition coefficient (Wildman–Crippen LogP) is 0.997. The topological polar surface area (TPSA) is 104 Å². The van der Waals surface area contributed by atoms with Gasteiger partial charge in [-0.2, -0.15) is 0 Å². The lowest BCUT2D eigenvalue weighted by atomic mass is 10.0. The normalized spacial score (nSPS) is 13.2. The van der Waals surface area contributed by atoms with Crippen LogP contribution in [0.1, 0.15) is 19.8 Å². The van der Waals surface area contributed by atoms with Crippen LogP contribution >= 0.6 is 0 Å². The van der Waals surface area contributed by atoms with Crippen molar-refractivity contribution in [1.29, 1.82) is 0 Å². The molecule has 0 bridgehead atoms. The fourth-order valence-electron chi connectivity index (χ4n) is 1.87. The quantitative estimate of drug-likeness (QED) is 0.536. The molecule has 0 radical (unpaired) electrons. The SMILES string of the molecule is CCC(CCO)CNc1ccc(S(=O)(=O)NC)cc1N. The number of benzene rings is 1. The van der Waals surface area contributed by atoms with E-state index in [2.05, 4.69) is 17.0 Å². The molecule has 1 atom stereocenters. The smallest absolute Gasteiger partial charge is 0.240 e. The number of nitrogen functional groups attached to an aromatic ring is 1. The highest BCUT2D eigenvalue weighted by Gasteiger charge is 2.13. The van der Waals surface area contributed by atoms with Crippen molar-refractivity contribution in [1.82, 2.24) is 4.72 Å². The second-order valence-electron chi connectivity index (χ2n) is 4.62. The molecule has 0 amide bonds. The summed E-state index contributed by atoms with van der Waals surface area (Å²) in [4.78, 5) is 0.144. The molecule has 1 aromatic rings. The summed E-state index contributed by atoms with van der Waals surface area (Å²) in [7, 11) is -2.11. The van der Waals surface area contributed by atoms with Crippen molar-refractivity contribution in [3.63, 3.8) is 0 Å². The van der Waals surface area contributed by atoms with E-state index in [9.17, 15) is 8.42 Å². The predicted molar refractivity (Wildman–Crippen MR) is 81.1 cm³/mol. The summed E-state index contributed by atoms with van der Waals surface area (Å²) in [5.74, 6) is 0.361. The maximum atomic E-state index is 11.6. The van der Waals surface area contributed by atoms with Gasteiger partial charge in [-0.3, -0.25) is 0 Å². The number of aliphatic hydroxyl groups excluding tert-OH is 1. The molecule has 5 N–H and O–H groups in total. The van der Waals surface area contributed by atoms with Crippen molar-refractivity contribution >= 4 is 21.4 Å². The van der Waals surface area contributed by atoms with Crippen molar-refractivity contribution in [3.8, 4) is 0 Å². The summed E-state index contributed by atoms with van der Waals surface area (Å²) in [6.45, 7) is 2.92. The Kier molecular flexibility index (Phi) is 6.25. The molecular weight excluding hydrogens is 278 g/mol. The average molecular weight is 301 g/mol. The highest BCUT2D eigenvalue weighted by molar-refractivity contribution is 7.89. The Morgan fingerprint density at radius 2 is 2.10 bits per heavy atom. The van der Waals surface area contributed by atoms with Crippen molar-refractivity contribution in [2.24, 2.45) is 5.92 Å². The molecule has 0 aliphatic rings. The van der Waals surface area contributed by atoms with Crippen LogP contribution in [0.4, 0.5) is 11.4 Å². The fraction of sp³-hybridized carbons (Fsp3) is 0.538. The number of nitrogens with one attached hydrogen (secondary N) is 2. The molecule has 0 heterocycles. The van der Waals surface area contributed by atoms with E-state index < -0.39 is 10.0 Å². The van der Waals surface area contributed by atoms with E-state index in [-0.39, 0.29) is 11.5 Å². The molecule has 7 heteroatoms. The highest BCUT2D eigenvalue weighted by atomic mass is 32.2. The minimum Gasteiger partial charge on any atom is -0.397 e. The Labute approximate surface area is 120 Å². The Morgan fingerprint density at radius 1 is 1.40 bits per heavy atom. The first-order valence-electron chi connectivity index (χ1n) is 6.62. The van der Waals surface area contributed by atoms with Gasteiger partial charge in [-0.05, 0) is 37.6 Å². The lowest BCUT2D eigenvalue weighted by Crippen LogP contribution is -2.19. The van der Waals surface area contributed by atoms with Crippen LogP contribution in [0.25, 0.3) is 0 Å². The summed E-state index contributed by atoms with van der Waals surface area (Å²) < 4.78 is 25.5. The van der Waals surface area contributed by atoms with Crippen LogP contribution in [0, 0.1) is 5.92 Å². The minimum atomic E-state index is -3.47. The second-order valence-corrected chi connectivity index (χ2v) is 6.51. The first-order chi connectivity index (χ1) is 9.44. The maximum Gasteiger partial charge on any atom is 0.240 e. The number of sulfonamides is 1. The number of hydrogen-bond donors (Lipinski definition) is 4. The molecule has 0 aliphatic heterocycles. The van der Waals surface area contributed by atoms with Gasteiger partial charge in [0.15, 0.2) is 0 Å². The van der Waals surface area contributed by atoms with E-state index in [1.807, 2.05) is 0 Å². The molecule has 0 saturated carbocycles. The third-order valence-electron chi connectivity index (χ3n) is 3.30. The minimum absolute atomic E-state index is 0.144. The Bertz CT molecular complexity index is 532. The van der Waals surface area contributed by atoms with Crippen LogP contribution in [0.5, 0.6) is 0 Å². The molecular formula is C13H23N3O3S. The first kappa shape index (κ1) is 16.7.